The number of fused-ring (bicyclic) bond motifs is 3. The molecular formula is C20H27N3O2. The maximum absolute atomic E-state index is 12.9. The number of esters is 1. The van der Waals surface area contributed by atoms with Crippen LogP contribution in [-0.4, -0.2) is 55.2 Å². The molecule has 3 aliphatic rings. The lowest BCUT2D eigenvalue weighted by molar-refractivity contribution is -0.156. The van der Waals surface area contributed by atoms with E-state index < -0.39 is 5.41 Å². The second-order valence-corrected chi connectivity index (χ2v) is 7.37. The number of nitrogens with zero attached hydrogens (tertiary/aromatic N) is 2. The van der Waals surface area contributed by atoms with Gasteiger partial charge in [-0.15, -0.1) is 0 Å². The maximum Gasteiger partial charge on any atom is 0.319 e. The van der Waals surface area contributed by atoms with Gasteiger partial charge in [-0.05, 0) is 37.4 Å². The van der Waals surface area contributed by atoms with Crippen molar-refractivity contribution in [2.45, 2.75) is 32.0 Å². The second-order valence-electron chi connectivity index (χ2n) is 7.37. The molecule has 3 aliphatic heterocycles. The molecule has 0 saturated carbocycles. The van der Waals surface area contributed by atoms with Crippen molar-refractivity contribution in [3.05, 3.63) is 47.7 Å². The van der Waals surface area contributed by atoms with E-state index in [-0.39, 0.29) is 5.97 Å². The van der Waals surface area contributed by atoms with Crippen molar-refractivity contribution < 1.29 is 9.53 Å². The van der Waals surface area contributed by atoms with Crippen LogP contribution in [0.15, 0.2) is 42.1 Å². The first kappa shape index (κ1) is 16.6. The molecule has 2 saturated heterocycles. The lowest BCUT2D eigenvalue weighted by Gasteiger charge is -2.53. The van der Waals surface area contributed by atoms with Gasteiger partial charge in [0.15, 0.2) is 0 Å². The summed E-state index contributed by atoms with van der Waals surface area (Å²) in [6.07, 6.45) is 5.61. The highest BCUT2D eigenvalue weighted by Gasteiger charge is 2.52. The third-order valence-electron chi connectivity index (χ3n) is 5.84. The number of carbonyl (C=O) groups excluding carboxylic acids is 1. The van der Waals surface area contributed by atoms with E-state index in [1.807, 2.05) is 6.07 Å². The standard InChI is InChI=1S/C20H27N3O2/c1-25-19(24)20-10-8-18-21-11-5-12-23(18)17(20)9-13-22(15-20)14-16-6-3-2-4-7-16/h2-4,6-7,9,18,21H,5,8,10-15H2,1H3. The fraction of sp³-hybridized carbons (Fsp3) is 0.550. The molecule has 0 spiro atoms. The van der Waals surface area contributed by atoms with Crippen molar-refractivity contribution in [2.75, 3.05) is 33.3 Å². The van der Waals surface area contributed by atoms with Gasteiger partial charge in [0.05, 0.1) is 13.3 Å². The normalized spacial score (nSPS) is 29.4. The third kappa shape index (κ3) is 2.96. The summed E-state index contributed by atoms with van der Waals surface area (Å²) in [5.74, 6) is -0.0828. The van der Waals surface area contributed by atoms with Gasteiger partial charge in [-0.1, -0.05) is 30.3 Å². The number of hydrogen-bond acceptors (Lipinski definition) is 5. The molecular weight excluding hydrogens is 314 g/mol. The minimum Gasteiger partial charge on any atom is -0.468 e. The van der Waals surface area contributed by atoms with Crippen molar-refractivity contribution in [1.82, 2.24) is 15.1 Å². The van der Waals surface area contributed by atoms with E-state index >= 15 is 0 Å². The molecule has 3 heterocycles. The molecule has 5 nitrogen and oxygen atoms in total. The lowest BCUT2D eigenvalue weighted by atomic mass is 9.73. The number of methoxy groups -OCH3 is 1. The summed E-state index contributed by atoms with van der Waals surface area (Å²) < 4.78 is 5.27. The van der Waals surface area contributed by atoms with Crippen LogP contribution in [0.3, 0.4) is 0 Å². The topological polar surface area (TPSA) is 44.8 Å². The Bertz CT molecular complexity index is 660. The van der Waals surface area contributed by atoms with Gasteiger partial charge in [-0.2, -0.15) is 0 Å². The molecule has 2 atom stereocenters. The Morgan fingerprint density at radius 1 is 1.36 bits per heavy atom. The van der Waals surface area contributed by atoms with Crippen LogP contribution < -0.4 is 5.32 Å². The van der Waals surface area contributed by atoms with Crippen molar-refractivity contribution >= 4 is 5.97 Å². The van der Waals surface area contributed by atoms with Crippen LogP contribution in [0.25, 0.3) is 0 Å². The first-order valence-electron chi connectivity index (χ1n) is 9.28. The summed E-state index contributed by atoms with van der Waals surface area (Å²) in [5, 5.41) is 3.60. The molecule has 1 aromatic rings. The summed E-state index contributed by atoms with van der Waals surface area (Å²) in [6, 6.07) is 10.5. The first-order valence-corrected chi connectivity index (χ1v) is 9.28. The molecule has 1 aromatic carbocycles. The fourth-order valence-corrected chi connectivity index (χ4v) is 4.68. The summed E-state index contributed by atoms with van der Waals surface area (Å²) in [5.41, 5.74) is 1.96. The van der Waals surface area contributed by atoms with Crippen LogP contribution in [0.4, 0.5) is 0 Å². The smallest absolute Gasteiger partial charge is 0.319 e. The summed E-state index contributed by atoms with van der Waals surface area (Å²) in [4.78, 5) is 17.6. The predicted octanol–water partition coefficient (Wildman–Crippen LogP) is 1.96. The molecule has 4 rings (SSSR count). The van der Waals surface area contributed by atoms with E-state index in [4.69, 9.17) is 4.74 Å². The van der Waals surface area contributed by atoms with Crippen molar-refractivity contribution in [2.24, 2.45) is 5.41 Å². The molecule has 25 heavy (non-hydrogen) atoms. The Balaban J connectivity index is 1.62. The SMILES string of the molecule is COC(=O)C12CCC3NCCCN3C1=CCN(Cc1ccccc1)C2. The van der Waals surface area contributed by atoms with Crippen LogP contribution in [0.5, 0.6) is 0 Å². The molecule has 5 heteroatoms. The maximum atomic E-state index is 12.9. The van der Waals surface area contributed by atoms with Crippen molar-refractivity contribution in [3.63, 3.8) is 0 Å². The van der Waals surface area contributed by atoms with Gasteiger partial charge in [0.2, 0.25) is 0 Å². The van der Waals surface area contributed by atoms with E-state index in [1.165, 1.54) is 18.4 Å². The zero-order valence-corrected chi connectivity index (χ0v) is 14.9. The monoisotopic (exact) mass is 341 g/mol. The number of hydrogen-bond donors (Lipinski definition) is 1. The molecule has 0 aromatic heterocycles. The minimum absolute atomic E-state index is 0.0828. The van der Waals surface area contributed by atoms with Gasteiger partial charge < -0.3 is 9.64 Å². The van der Waals surface area contributed by atoms with Gasteiger partial charge >= 0.3 is 5.97 Å². The molecule has 0 bridgehead atoms. The Morgan fingerprint density at radius 2 is 2.20 bits per heavy atom. The van der Waals surface area contributed by atoms with Gasteiger partial charge in [0.25, 0.3) is 0 Å². The minimum atomic E-state index is -0.517. The Hall–Kier alpha value is -1.85. The number of nitrogens with one attached hydrogen (secondary N) is 1. The van der Waals surface area contributed by atoms with Crippen molar-refractivity contribution in [3.8, 4) is 0 Å². The predicted molar refractivity (Wildman–Crippen MR) is 96.6 cm³/mol. The largest absolute Gasteiger partial charge is 0.468 e. The fourth-order valence-electron chi connectivity index (χ4n) is 4.68. The van der Waals surface area contributed by atoms with Gasteiger partial charge in [0, 0.05) is 31.9 Å². The zero-order chi connectivity index (χ0) is 17.3. The van der Waals surface area contributed by atoms with Crippen molar-refractivity contribution in [1.29, 1.82) is 0 Å². The molecule has 0 radical (unpaired) electrons. The second kappa shape index (κ2) is 6.81. The number of ether oxygens (including phenoxy) is 1. The van der Waals surface area contributed by atoms with E-state index in [0.29, 0.717) is 6.17 Å². The molecule has 134 valence electrons. The van der Waals surface area contributed by atoms with Gasteiger partial charge in [-0.3, -0.25) is 15.0 Å². The van der Waals surface area contributed by atoms with E-state index in [9.17, 15) is 4.79 Å². The van der Waals surface area contributed by atoms with Gasteiger partial charge in [-0.25, -0.2) is 0 Å². The molecule has 2 unspecified atom stereocenters. The Labute approximate surface area is 149 Å². The highest BCUT2D eigenvalue weighted by atomic mass is 16.5. The van der Waals surface area contributed by atoms with Crippen LogP contribution >= 0.6 is 0 Å². The van der Waals surface area contributed by atoms with E-state index in [0.717, 1.165) is 52.0 Å². The van der Waals surface area contributed by atoms with Crippen LogP contribution in [-0.2, 0) is 16.1 Å². The highest BCUT2D eigenvalue weighted by Crippen LogP contribution is 2.45. The number of rotatable bonds is 3. The number of carbonyl (C=O) groups is 1. The van der Waals surface area contributed by atoms with Gasteiger partial charge in [0.1, 0.15) is 5.41 Å². The van der Waals surface area contributed by atoms with E-state index in [1.54, 1.807) is 0 Å². The Kier molecular flexibility index (Phi) is 4.52. The number of piperidine rings is 1. The van der Waals surface area contributed by atoms with E-state index in [2.05, 4.69) is 45.5 Å². The molecule has 0 amide bonds. The summed E-state index contributed by atoms with van der Waals surface area (Å²) >= 11 is 0. The molecule has 2 fully saturated rings. The molecule has 1 N–H and O–H groups in total. The first-order chi connectivity index (χ1) is 12.2. The quantitative estimate of drug-likeness (QED) is 0.852. The third-order valence-corrected chi connectivity index (χ3v) is 5.84. The zero-order valence-electron chi connectivity index (χ0n) is 14.9. The average molecular weight is 341 g/mol. The highest BCUT2D eigenvalue weighted by molar-refractivity contribution is 5.81. The molecule has 0 aliphatic carbocycles. The Morgan fingerprint density at radius 3 is 3.00 bits per heavy atom. The number of benzene rings is 1. The van der Waals surface area contributed by atoms with Crippen LogP contribution in [0.1, 0.15) is 24.8 Å². The lowest BCUT2D eigenvalue weighted by Crippen LogP contribution is -2.62. The summed E-state index contributed by atoms with van der Waals surface area (Å²) in [7, 11) is 1.52. The van der Waals surface area contributed by atoms with Crippen LogP contribution in [0, 0.1) is 5.41 Å². The summed E-state index contributed by atoms with van der Waals surface area (Å²) in [6.45, 7) is 4.58. The van der Waals surface area contributed by atoms with Crippen LogP contribution in [0.2, 0.25) is 0 Å². The average Bonchev–Trinajstić information content (AvgIpc) is 2.67.